The predicted molar refractivity (Wildman–Crippen MR) is 85.1 cm³/mol. The molecule has 3 aliphatic rings. The SMILES string of the molecule is O=C(C[C@@H]1C[C@@H]2CC[C@@H]1C2)OCc1cc(Cl)cc2c1OCOC2. The Morgan fingerprint density at radius 3 is 3.00 bits per heavy atom. The first-order chi connectivity index (χ1) is 11.2. The predicted octanol–water partition coefficient (Wildman–Crippen LogP) is 4.08. The number of hydrogen-bond donors (Lipinski definition) is 0. The summed E-state index contributed by atoms with van der Waals surface area (Å²) in [6, 6.07) is 3.63. The summed E-state index contributed by atoms with van der Waals surface area (Å²) in [5, 5.41) is 0.608. The largest absolute Gasteiger partial charge is 0.467 e. The van der Waals surface area contributed by atoms with Gasteiger partial charge in [0.25, 0.3) is 0 Å². The lowest BCUT2D eigenvalue weighted by atomic mass is 9.86. The fraction of sp³-hybridized carbons (Fsp3) is 0.611. The van der Waals surface area contributed by atoms with E-state index < -0.39 is 0 Å². The molecule has 2 aliphatic carbocycles. The van der Waals surface area contributed by atoms with Crippen LogP contribution in [-0.2, 0) is 27.5 Å². The normalized spacial score (nSPS) is 28.3. The zero-order valence-electron chi connectivity index (χ0n) is 13.1. The van der Waals surface area contributed by atoms with Gasteiger partial charge in [0.2, 0.25) is 0 Å². The molecule has 23 heavy (non-hydrogen) atoms. The quantitative estimate of drug-likeness (QED) is 0.777. The summed E-state index contributed by atoms with van der Waals surface area (Å²) < 4.78 is 16.3. The van der Waals surface area contributed by atoms with Gasteiger partial charge >= 0.3 is 5.97 Å². The fourth-order valence-corrected chi connectivity index (χ4v) is 4.69. The van der Waals surface area contributed by atoms with Gasteiger partial charge in [0, 0.05) is 22.6 Å². The average Bonchev–Trinajstić information content (AvgIpc) is 3.15. The van der Waals surface area contributed by atoms with Gasteiger partial charge in [-0.25, -0.2) is 0 Å². The minimum Gasteiger partial charge on any atom is -0.467 e. The number of ether oxygens (including phenoxy) is 3. The van der Waals surface area contributed by atoms with E-state index in [-0.39, 0.29) is 19.4 Å². The molecule has 4 nitrogen and oxygen atoms in total. The second-order valence-electron chi connectivity index (χ2n) is 6.96. The van der Waals surface area contributed by atoms with E-state index in [2.05, 4.69) is 0 Å². The molecule has 2 bridgehead atoms. The van der Waals surface area contributed by atoms with Crippen LogP contribution in [0.2, 0.25) is 5.02 Å². The molecule has 0 aromatic heterocycles. The van der Waals surface area contributed by atoms with E-state index in [1.54, 1.807) is 6.07 Å². The number of carbonyl (C=O) groups is 1. The molecule has 2 fully saturated rings. The van der Waals surface area contributed by atoms with E-state index in [4.69, 9.17) is 25.8 Å². The second-order valence-corrected chi connectivity index (χ2v) is 7.40. The van der Waals surface area contributed by atoms with E-state index in [1.165, 1.54) is 25.7 Å². The monoisotopic (exact) mass is 336 g/mol. The van der Waals surface area contributed by atoms with Crippen LogP contribution in [0.4, 0.5) is 0 Å². The van der Waals surface area contributed by atoms with Crippen LogP contribution >= 0.6 is 11.6 Å². The van der Waals surface area contributed by atoms with E-state index in [1.807, 2.05) is 6.07 Å². The summed E-state index contributed by atoms with van der Waals surface area (Å²) in [7, 11) is 0. The first kappa shape index (κ1) is 15.3. The van der Waals surface area contributed by atoms with Crippen molar-refractivity contribution in [2.45, 2.75) is 45.3 Å². The summed E-state index contributed by atoms with van der Waals surface area (Å²) in [5.74, 6) is 2.76. The fourth-order valence-electron chi connectivity index (χ4n) is 4.42. The Morgan fingerprint density at radius 1 is 1.30 bits per heavy atom. The smallest absolute Gasteiger partial charge is 0.306 e. The van der Waals surface area contributed by atoms with Crippen LogP contribution in [0, 0.1) is 17.8 Å². The first-order valence-corrected chi connectivity index (χ1v) is 8.74. The maximum atomic E-state index is 12.2. The van der Waals surface area contributed by atoms with Gasteiger partial charge in [-0.15, -0.1) is 0 Å². The van der Waals surface area contributed by atoms with Crippen molar-refractivity contribution >= 4 is 17.6 Å². The molecule has 0 N–H and O–H groups in total. The Bertz CT molecular complexity index is 615. The topological polar surface area (TPSA) is 44.8 Å². The molecule has 1 heterocycles. The van der Waals surface area contributed by atoms with Gasteiger partial charge in [-0.2, -0.15) is 0 Å². The van der Waals surface area contributed by atoms with Crippen molar-refractivity contribution in [2.24, 2.45) is 17.8 Å². The minimum absolute atomic E-state index is 0.108. The lowest BCUT2D eigenvalue weighted by Gasteiger charge is -2.22. The molecule has 1 aromatic rings. The molecule has 3 atom stereocenters. The molecule has 0 amide bonds. The van der Waals surface area contributed by atoms with Gasteiger partial charge in [-0.3, -0.25) is 4.79 Å². The average molecular weight is 337 g/mol. The number of hydrogen-bond acceptors (Lipinski definition) is 4. The molecule has 5 heteroatoms. The highest BCUT2D eigenvalue weighted by Crippen LogP contribution is 2.49. The summed E-state index contributed by atoms with van der Waals surface area (Å²) in [5.41, 5.74) is 1.72. The lowest BCUT2D eigenvalue weighted by molar-refractivity contribution is -0.146. The zero-order valence-corrected chi connectivity index (χ0v) is 13.8. The number of benzene rings is 1. The number of halogens is 1. The van der Waals surface area contributed by atoms with Crippen LogP contribution < -0.4 is 4.74 Å². The molecule has 0 spiro atoms. The molecule has 0 radical (unpaired) electrons. The van der Waals surface area contributed by atoms with Crippen LogP contribution in [-0.4, -0.2) is 12.8 Å². The van der Waals surface area contributed by atoms with Crippen molar-refractivity contribution < 1.29 is 19.0 Å². The molecule has 0 saturated heterocycles. The molecule has 1 aromatic carbocycles. The third kappa shape index (κ3) is 3.20. The van der Waals surface area contributed by atoms with Gasteiger partial charge in [0.05, 0.1) is 6.61 Å². The van der Waals surface area contributed by atoms with Gasteiger partial charge < -0.3 is 14.2 Å². The van der Waals surface area contributed by atoms with Gasteiger partial charge in [-0.05, 0) is 49.1 Å². The molecule has 1 aliphatic heterocycles. The van der Waals surface area contributed by atoms with Crippen molar-refractivity contribution in [1.29, 1.82) is 0 Å². The summed E-state index contributed by atoms with van der Waals surface area (Å²) in [6.45, 7) is 0.908. The van der Waals surface area contributed by atoms with Crippen LogP contribution in [0.1, 0.15) is 43.2 Å². The molecular formula is C18H21ClO4. The Balaban J connectivity index is 1.37. The summed E-state index contributed by atoms with van der Waals surface area (Å²) in [6.07, 6.45) is 5.71. The van der Waals surface area contributed by atoms with Crippen molar-refractivity contribution in [1.82, 2.24) is 0 Å². The third-order valence-electron chi connectivity index (χ3n) is 5.45. The highest BCUT2D eigenvalue weighted by Gasteiger charge is 2.40. The number of carbonyl (C=O) groups excluding carboxylic acids is 1. The van der Waals surface area contributed by atoms with Gasteiger partial charge in [0.15, 0.2) is 6.79 Å². The van der Waals surface area contributed by atoms with Crippen LogP contribution in [0.25, 0.3) is 0 Å². The van der Waals surface area contributed by atoms with E-state index in [0.29, 0.717) is 24.0 Å². The Morgan fingerprint density at radius 2 is 2.22 bits per heavy atom. The van der Waals surface area contributed by atoms with Crippen molar-refractivity contribution in [3.05, 3.63) is 28.3 Å². The Kier molecular flexibility index (Phi) is 4.20. The highest BCUT2D eigenvalue weighted by molar-refractivity contribution is 6.30. The first-order valence-electron chi connectivity index (χ1n) is 8.36. The Labute approximate surface area is 141 Å². The second kappa shape index (κ2) is 6.33. The Hall–Kier alpha value is -1.26. The van der Waals surface area contributed by atoms with Crippen molar-refractivity contribution in [3.8, 4) is 5.75 Å². The van der Waals surface area contributed by atoms with Gasteiger partial charge in [0.1, 0.15) is 12.4 Å². The van der Waals surface area contributed by atoms with E-state index in [9.17, 15) is 4.79 Å². The van der Waals surface area contributed by atoms with E-state index >= 15 is 0 Å². The minimum atomic E-state index is -0.108. The molecule has 4 rings (SSSR count). The number of rotatable bonds is 4. The third-order valence-corrected chi connectivity index (χ3v) is 5.67. The summed E-state index contributed by atoms with van der Waals surface area (Å²) >= 11 is 6.13. The number of esters is 1. The lowest BCUT2D eigenvalue weighted by Crippen LogP contribution is -2.18. The highest BCUT2D eigenvalue weighted by atomic mass is 35.5. The van der Waals surface area contributed by atoms with Crippen LogP contribution in [0.3, 0.4) is 0 Å². The summed E-state index contributed by atoms with van der Waals surface area (Å²) in [4.78, 5) is 12.2. The van der Waals surface area contributed by atoms with Crippen LogP contribution in [0.5, 0.6) is 5.75 Å². The number of fused-ring (bicyclic) bond motifs is 3. The zero-order chi connectivity index (χ0) is 15.8. The molecule has 124 valence electrons. The molecule has 0 unspecified atom stereocenters. The molecular weight excluding hydrogens is 316 g/mol. The van der Waals surface area contributed by atoms with Crippen molar-refractivity contribution in [2.75, 3.05) is 6.79 Å². The van der Waals surface area contributed by atoms with Crippen LogP contribution in [0.15, 0.2) is 12.1 Å². The van der Waals surface area contributed by atoms with Crippen molar-refractivity contribution in [3.63, 3.8) is 0 Å². The van der Waals surface area contributed by atoms with E-state index in [0.717, 1.165) is 28.7 Å². The maximum absolute atomic E-state index is 12.2. The molecule has 2 saturated carbocycles. The van der Waals surface area contributed by atoms with Gasteiger partial charge in [-0.1, -0.05) is 18.0 Å². The standard InChI is InChI=1S/C18H21ClO4/c19-16-5-14-8-21-10-23-18(14)15(6-16)9-22-17(20)7-13-4-11-1-2-12(13)3-11/h5-6,11-13H,1-4,7-10H2/t11-,12-,13+/m1/s1. The maximum Gasteiger partial charge on any atom is 0.306 e.